The molecule has 1 heterocycles. The molecule has 0 radical (unpaired) electrons. The maximum absolute atomic E-state index is 12.4. The van der Waals surface area contributed by atoms with Gasteiger partial charge in [-0.3, -0.25) is 4.79 Å². The number of nitrogens with zero attached hydrogens (tertiary/aromatic N) is 1. The lowest BCUT2D eigenvalue weighted by atomic mass is 10.1. The number of aryl methyl sites for hydroxylation is 2. The van der Waals surface area contributed by atoms with Crippen LogP contribution in [0.25, 0.3) is 20.8 Å². The number of aromatic nitrogens is 1. The van der Waals surface area contributed by atoms with Crippen molar-refractivity contribution in [1.82, 2.24) is 4.98 Å². The normalized spacial score (nSPS) is 10.8. The number of para-hydroxylation sites is 1. The Hall–Kier alpha value is -2.98. The topological polar surface area (TPSA) is 42.0 Å². The number of hydrogen-bond acceptors (Lipinski definition) is 3. The van der Waals surface area contributed by atoms with Gasteiger partial charge >= 0.3 is 0 Å². The van der Waals surface area contributed by atoms with Gasteiger partial charge in [0.05, 0.1) is 10.2 Å². The van der Waals surface area contributed by atoms with Crippen molar-refractivity contribution in [2.75, 3.05) is 5.32 Å². The predicted octanol–water partition coefficient (Wildman–Crippen LogP) is 5.83. The molecule has 0 aliphatic heterocycles. The number of carbonyl (C=O) groups is 1. The van der Waals surface area contributed by atoms with Crippen molar-refractivity contribution >= 4 is 33.1 Å². The second-order valence-electron chi connectivity index (χ2n) is 6.32. The van der Waals surface area contributed by atoms with Crippen LogP contribution in [0, 0.1) is 13.8 Å². The van der Waals surface area contributed by atoms with E-state index in [0.29, 0.717) is 5.56 Å². The third-order valence-electron chi connectivity index (χ3n) is 4.45. The van der Waals surface area contributed by atoms with Crippen LogP contribution in [-0.2, 0) is 0 Å². The molecule has 1 amide bonds. The van der Waals surface area contributed by atoms with Crippen LogP contribution in [0.15, 0.2) is 66.7 Å². The van der Waals surface area contributed by atoms with Crippen LogP contribution in [-0.4, -0.2) is 10.9 Å². The molecule has 0 unspecified atom stereocenters. The van der Waals surface area contributed by atoms with E-state index in [1.54, 1.807) is 11.3 Å². The van der Waals surface area contributed by atoms with Crippen molar-refractivity contribution in [1.29, 1.82) is 0 Å². The van der Waals surface area contributed by atoms with E-state index in [0.717, 1.165) is 27.3 Å². The third-order valence-corrected chi connectivity index (χ3v) is 5.54. The quantitative estimate of drug-likeness (QED) is 0.500. The summed E-state index contributed by atoms with van der Waals surface area (Å²) in [6, 6.07) is 21.7. The zero-order chi connectivity index (χ0) is 18.1. The lowest BCUT2D eigenvalue weighted by molar-refractivity contribution is 0.102. The Morgan fingerprint density at radius 2 is 1.69 bits per heavy atom. The molecule has 0 aliphatic carbocycles. The van der Waals surface area contributed by atoms with Crippen LogP contribution < -0.4 is 5.32 Å². The van der Waals surface area contributed by atoms with Gasteiger partial charge in [-0.25, -0.2) is 4.98 Å². The Morgan fingerprint density at radius 1 is 0.923 bits per heavy atom. The molecule has 0 fully saturated rings. The highest BCUT2D eigenvalue weighted by molar-refractivity contribution is 7.21. The highest BCUT2D eigenvalue weighted by Gasteiger charge is 2.09. The molecule has 1 aromatic heterocycles. The standard InChI is InChI=1S/C22H18N2OS/c1-14-7-8-17(13-15(14)2)21(25)23-18-11-9-16(10-12-18)22-24-19-5-3-4-6-20(19)26-22/h3-13H,1-2H3,(H,23,25). The fourth-order valence-corrected chi connectivity index (χ4v) is 3.75. The first-order valence-corrected chi connectivity index (χ1v) is 9.26. The molecule has 26 heavy (non-hydrogen) atoms. The summed E-state index contributed by atoms with van der Waals surface area (Å²) in [7, 11) is 0. The molecular formula is C22H18N2OS. The molecule has 128 valence electrons. The number of rotatable bonds is 3. The molecule has 4 rings (SSSR count). The Labute approximate surface area is 156 Å². The molecular weight excluding hydrogens is 340 g/mol. The molecule has 3 aromatic carbocycles. The molecule has 1 N–H and O–H groups in total. The van der Waals surface area contributed by atoms with Crippen LogP contribution in [0.1, 0.15) is 21.5 Å². The summed E-state index contributed by atoms with van der Waals surface area (Å²) in [5.74, 6) is -0.0964. The van der Waals surface area contributed by atoms with Crippen LogP contribution in [0.4, 0.5) is 5.69 Å². The van der Waals surface area contributed by atoms with E-state index >= 15 is 0 Å². The van der Waals surface area contributed by atoms with Crippen molar-refractivity contribution in [3.63, 3.8) is 0 Å². The summed E-state index contributed by atoms with van der Waals surface area (Å²) in [4.78, 5) is 17.1. The van der Waals surface area contributed by atoms with Gasteiger partial charge in [0.1, 0.15) is 5.01 Å². The smallest absolute Gasteiger partial charge is 0.255 e. The van der Waals surface area contributed by atoms with Crippen LogP contribution in [0.3, 0.4) is 0 Å². The van der Waals surface area contributed by atoms with Crippen LogP contribution >= 0.6 is 11.3 Å². The van der Waals surface area contributed by atoms with E-state index in [2.05, 4.69) is 16.4 Å². The van der Waals surface area contributed by atoms with E-state index in [1.807, 2.05) is 74.5 Å². The van der Waals surface area contributed by atoms with Crippen LogP contribution in [0.5, 0.6) is 0 Å². The summed E-state index contributed by atoms with van der Waals surface area (Å²) in [6.45, 7) is 4.05. The van der Waals surface area contributed by atoms with Gasteiger partial charge in [-0.15, -0.1) is 11.3 Å². The number of thiazole rings is 1. The number of benzene rings is 3. The number of fused-ring (bicyclic) bond motifs is 1. The van der Waals surface area contributed by atoms with Gasteiger partial charge in [0.15, 0.2) is 0 Å². The molecule has 0 aliphatic rings. The maximum atomic E-state index is 12.4. The summed E-state index contributed by atoms with van der Waals surface area (Å²) in [6.07, 6.45) is 0. The average Bonchev–Trinajstić information content (AvgIpc) is 3.08. The highest BCUT2D eigenvalue weighted by Crippen LogP contribution is 2.30. The van der Waals surface area contributed by atoms with E-state index in [9.17, 15) is 4.79 Å². The van der Waals surface area contributed by atoms with Crippen molar-refractivity contribution in [2.45, 2.75) is 13.8 Å². The van der Waals surface area contributed by atoms with Gasteiger partial charge in [0.25, 0.3) is 5.91 Å². The van der Waals surface area contributed by atoms with E-state index in [4.69, 9.17) is 0 Å². The summed E-state index contributed by atoms with van der Waals surface area (Å²) >= 11 is 1.67. The minimum Gasteiger partial charge on any atom is -0.322 e. The largest absolute Gasteiger partial charge is 0.322 e. The Bertz CT molecular complexity index is 1060. The molecule has 3 nitrogen and oxygen atoms in total. The first kappa shape index (κ1) is 16.5. The summed E-state index contributed by atoms with van der Waals surface area (Å²) < 4.78 is 1.18. The predicted molar refractivity (Wildman–Crippen MR) is 109 cm³/mol. The van der Waals surface area contributed by atoms with Gasteiger partial charge in [0.2, 0.25) is 0 Å². The van der Waals surface area contributed by atoms with E-state index in [-0.39, 0.29) is 5.91 Å². The summed E-state index contributed by atoms with van der Waals surface area (Å²) in [5, 5.41) is 3.94. The minimum atomic E-state index is -0.0964. The molecule has 4 heteroatoms. The van der Waals surface area contributed by atoms with Gasteiger partial charge in [0, 0.05) is 16.8 Å². The number of carbonyl (C=O) groups excluding carboxylic acids is 1. The van der Waals surface area contributed by atoms with Gasteiger partial charge in [-0.2, -0.15) is 0 Å². The van der Waals surface area contributed by atoms with Crippen molar-refractivity contribution in [3.05, 3.63) is 83.4 Å². The molecule has 0 atom stereocenters. The minimum absolute atomic E-state index is 0.0964. The Morgan fingerprint density at radius 3 is 2.42 bits per heavy atom. The first-order chi connectivity index (χ1) is 12.6. The zero-order valence-corrected chi connectivity index (χ0v) is 15.4. The summed E-state index contributed by atoms with van der Waals surface area (Å²) in [5.41, 5.74) is 5.81. The monoisotopic (exact) mass is 358 g/mol. The SMILES string of the molecule is Cc1ccc(C(=O)Nc2ccc(-c3nc4ccccc4s3)cc2)cc1C. The molecule has 4 aromatic rings. The second kappa shape index (κ2) is 6.73. The first-order valence-electron chi connectivity index (χ1n) is 8.45. The number of amides is 1. The molecule has 0 bridgehead atoms. The van der Waals surface area contributed by atoms with Gasteiger partial charge in [-0.1, -0.05) is 18.2 Å². The molecule has 0 saturated carbocycles. The second-order valence-corrected chi connectivity index (χ2v) is 7.35. The van der Waals surface area contributed by atoms with Crippen LogP contribution in [0.2, 0.25) is 0 Å². The van der Waals surface area contributed by atoms with E-state index in [1.165, 1.54) is 10.3 Å². The molecule has 0 spiro atoms. The average molecular weight is 358 g/mol. The lowest BCUT2D eigenvalue weighted by Gasteiger charge is -2.08. The number of hydrogen-bond donors (Lipinski definition) is 1. The molecule has 0 saturated heterocycles. The fourth-order valence-electron chi connectivity index (χ4n) is 2.78. The van der Waals surface area contributed by atoms with E-state index < -0.39 is 0 Å². The zero-order valence-electron chi connectivity index (χ0n) is 14.6. The Balaban J connectivity index is 1.53. The van der Waals surface area contributed by atoms with Crippen molar-refractivity contribution < 1.29 is 4.79 Å². The third kappa shape index (κ3) is 3.24. The lowest BCUT2D eigenvalue weighted by Crippen LogP contribution is -2.12. The van der Waals surface area contributed by atoms with Gasteiger partial charge < -0.3 is 5.32 Å². The fraction of sp³-hybridized carbons (Fsp3) is 0.0909. The maximum Gasteiger partial charge on any atom is 0.255 e. The van der Waals surface area contributed by atoms with Gasteiger partial charge in [-0.05, 0) is 73.5 Å². The number of anilines is 1. The highest BCUT2D eigenvalue weighted by atomic mass is 32.1. The number of nitrogens with one attached hydrogen (secondary N) is 1. The Kier molecular flexibility index (Phi) is 4.27. The van der Waals surface area contributed by atoms with Crippen molar-refractivity contribution in [2.24, 2.45) is 0 Å². The van der Waals surface area contributed by atoms with Crippen molar-refractivity contribution in [3.8, 4) is 10.6 Å².